The maximum Gasteiger partial charge on any atom is 0.327 e. The van der Waals surface area contributed by atoms with Gasteiger partial charge in [0.1, 0.15) is 11.6 Å². The Morgan fingerprint density at radius 3 is 2.49 bits per heavy atom. The van der Waals surface area contributed by atoms with E-state index in [2.05, 4.69) is 15.5 Å². The maximum absolute atomic E-state index is 14.5. The minimum Gasteiger partial charge on any atom is -0.497 e. The van der Waals surface area contributed by atoms with E-state index in [4.69, 9.17) is 9.26 Å². The fourth-order valence-corrected chi connectivity index (χ4v) is 4.46. The predicted molar refractivity (Wildman–Crippen MR) is 140 cm³/mol. The van der Waals surface area contributed by atoms with Gasteiger partial charge in [-0.05, 0) is 74.2 Å². The molecule has 7 nitrogen and oxygen atoms in total. The zero-order valence-corrected chi connectivity index (χ0v) is 21.3. The Bertz CT molecular complexity index is 1540. The molecule has 5 rings (SSSR count). The first kappa shape index (κ1) is 24.2. The van der Waals surface area contributed by atoms with Crippen molar-refractivity contribution in [2.75, 3.05) is 12.0 Å². The molecular formula is C29H27FN4O3. The molecule has 1 atom stereocenters. The Hall–Kier alpha value is -4.46. The zero-order chi connectivity index (χ0) is 26.3. The van der Waals surface area contributed by atoms with Gasteiger partial charge in [-0.25, -0.2) is 9.18 Å². The zero-order valence-electron chi connectivity index (χ0n) is 21.3. The van der Waals surface area contributed by atoms with Gasteiger partial charge in [-0.2, -0.15) is 4.98 Å². The highest BCUT2D eigenvalue weighted by Gasteiger charge is 2.36. The molecule has 4 aromatic rings. The number of aryl methyl sites for hydroxylation is 3. The normalized spacial score (nSPS) is 15.7. The van der Waals surface area contributed by atoms with Crippen LogP contribution in [-0.2, 0) is 0 Å². The number of hydrogen-bond acceptors (Lipinski definition) is 5. The Balaban J connectivity index is 1.67. The van der Waals surface area contributed by atoms with Crippen LogP contribution in [0.5, 0.6) is 5.75 Å². The van der Waals surface area contributed by atoms with Crippen LogP contribution in [0.3, 0.4) is 0 Å². The highest BCUT2D eigenvalue weighted by molar-refractivity contribution is 6.01. The number of amides is 2. The lowest BCUT2D eigenvalue weighted by atomic mass is 9.92. The summed E-state index contributed by atoms with van der Waals surface area (Å²) in [6.07, 6.45) is 0. The van der Waals surface area contributed by atoms with Gasteiger partial charge >= 0.3 is 6.03 Å². The molecule has 2 amide bonds. The van der Waals surface area contributed by atoms with Gasteiger partial charge in [-0.15, -0.1) is 0 Å². The first-order valence-corrected chi connectivity index (χ1v) is 11.9. The molecule has 3 aromatic carbocycles. The lowest BCUT2D eigenvalue weighted by Crippen LogP contribution is -2.46. The van der Waals surface area contributed by atoms with E-state index in [1.165, 1.54) is 11.0 Å². The number of methoxy groups -OCH3 is 1. The first-order valence-electron chi connectivity index (χ1n) is 11.9. The molecule has 1 aliphatic rings. The number of benzene rings is 3. The molecule has 1 aromatic heterocycles. The Labute approximate surface area is 214 Å². The van der Waals surface area contributed by atoms with E-state index in [0.29, 0.717) is 34.1 Å². The number of ether oxygens (including phenoxy) is 1. The third kappa shape index (κ3) is 4.46. The molecule has 0 saturated carbocycles. The summed E-state index contributed by atoms with van der Waals surface area (Å²) in [7, 11) is 1.59. The Morgan fingerprint density at radius 1 is 0.973 bits per heavy atom. The number of nitrogens with zero attached hydrogens (tertiary/aromatic N) is 3. The smallest absolute Gasteiger partial charge is 0.327 e. The van der Waals surface area contributed by atoms with Gasteiger partial charge in [0.05, 0.1) is 24.4 Å². The van der Waals surface area contributed by atoms with E-state index in [9.17, 15) is 9.18 Å². The van der Waals surface area contributed by atoms with Crippen LogP contribution in [0.25, 0.3) is 17.0 Å². The largest absolute Gasteiger partial charge is 0.497 e. The molecule has 0 spiro atoms. The summed E-state index contributed by atoms with van der Waals surface area (Å²) in [5.74, 6) is 0.924. The number of urea groups is 1. The number of anilines is 1. The summed E-state index contributed by atoms with van der Waals surface area (Å²) in [5.41, 5.74) is 5.94. The third-order valence-corrected chi connectivity index (χ3v) is 6.75. The van der Waals surface area contributed by atoms with Crippen LogP contribution in [0, 0.1) is 26.6 Å². The van der Waals surface area contributed by atoms with Gasteiger partial charge < -0.3 is 14.6 Å². The highest BCUT2D eigenvalue weighted by Crippen LogP contribution is 2.40. The fraction of sp³-hybridized carbons (Fsp3) is 0.207. The maximum atomic E-state index is 14.5. The van der Waals surface area contributed by atoms with Crippen LogP contribution < -0.4 is 15.0 Å². The quantitative estimate of drug-likeness (QED) is 0.339. The predicted octanol–water partition coefficient (Wildman–Crippen LogP) is 6.51. The van der Waals surface area contributed by atoms with Crippen molar-refractivity contribution in [2.45, 2.75) is 33.7 Å². The molecule has 0 aliphatic carbocycles. The number of hydrogen-bond donors (Lipinski definition) is 1. The SMILES string of the molecule is COc1cccc(-c2noc(C3=C(C)N(c4ccc(C)c(F)c4)C(=O)NC3c3ccc(C)c(C)c3)n2)c1. The van der Waals surface area contributed by atoms with Crippen LogP contribution in [0.4, 0.5) is 14.9 Å². The highest BCUT2D eigenvalue weighted by atomic mass is 19.1. The standard InChI is InChI=1S/C29H27FN4O3/c1-16-9-11-20(13-18(16)3)26-25(28-32-27(33-37-28)21-7-6-8-23(14-21)36-5)19(4)34(29(35)31-26)22-12-10-17(2)24(30)15-22/h6-15,26H,1-5H3,(H,31,35). The van der Waals surface area contributed by atoms with Crippen LogP contribution >= 0.6 is 0 Å². The topological polar surface area (TPSA) is 80.5 Å². The van der Waals surface area contributed by atoms with Crippen molar-refractivity contribution in [1.82, 2.24) is 15.5 Å². The summed E-state index contributed by atoms with van der Waals surface area (Å²) < 4.78 is 25.5. The fourth-order valence-electron chi connectivity index (χ4n) is 4.46. The van der Waals surface area contributed by atoms with Crippen molar-refractivity contribution >= 4 is 17.3 Å². The number of carbonyl (C=O) groups excluding carboxylic acids is 1. The Morgan fingerprint density at radius 2 is 1.76 bits per heavy atom. The number of rotatable bonds is 5. The Kier molecular flexibility index (Phi) is 6.25. The van der Waals surface area contributed by atoms with E-state index in [0.717, 1.165) is 22.3 Å². The molecule has 1 aliphatic heterocycles. The van der Waals surface area contributed by atoms with Crippen LogP contribution in [0.15, 0.2) is 70.9 Å². The molecule has 0 saturated heterocycles. The molecule has 188 valence electrons. The van der Waals surface area contributed by atoms with E-state index in [1.807, 2.05) is 56.3 Å². The second-order valence-electron chi connectivity index (χ2n) is 9.15. The molecule has 0 radical (unpaired) electrons. The average Bonchev–Trinajstić information content (AvgIpc) is 3.37. The molecular weight excluding hydrogens is 471 g/mol. The van der Waals surface area contributed by atoms with E-state index in [1.54, 1.807) is 33.1 Å². The van der Waals surface area contributed by atoms with E-state index >= 15 is 0 Å². The van der Waals surface area contributed by atoms with Crippen LogP contribution in [0.2, 0.25) is 0 Å². The molecule has 1 unspecified atom stereocenters. The molecule has 2 heterocycles. The summed E-state index contributed by atoms with van der Waals surface area (Å²) in [5, 5.41) is 7.27. The lowest BCUT2D eigenvalue weighted by molar-refractivity contribution is 0.244. The number of halogens is 1. The van der Waals surface area contributed by atoms with Crippen molar-refractivity contribution in [3.05, 3.63) is 100 Å². The second-order valence-corrected chi connectivity index (χ2v) is 9.15. The number of aromatic nitrogens is 2. The van der Waals surface area contributed by atoms with Crippen LogP contribution in [-0.4, -0.2) is 23.3 Å². The van der Waals surface area contributed by atoms with Gasteiger partial charge in [-0.3, -0.25) is 4.90 Å². The van der Waals surface area contributed by atoms with Crippen molar-refractivity contribution < 1.29 is 18.4 Å². The lowest BCUT2D eigenvalue weighted by Gasteiger charge is -2.35. The third-order valence-electron chi connectivity index (χ3n) is 6.75. The van der Waals surface area contributed by atoms with Crippen molar-refractivity contribution in [3.63, 3.8) is 0 Å². The van der Waals surface area contributed by atoms with Gasteiger partial charge in [-0.1, -0.05) is 41.6 Å². The summed E-state index contributed by atoms with van der Waals surface area (Å²) in [4.78, 5) is 19.5. The minimum atomic E-state index is -0.544. The van der Waals surface area contributed by atoms with Gasteiger partial charge in [0.25, 0.3) is 5.89 Å². The molecule has 0 bridgehead atoms. The van der Waals surface area contributed by atoms with Crippen LogP contribution in [0.1, 0.15) is 41.1 Å². The average molecular weight is 499 g/mol. The summed E-state index contributed by atoms with van der Waals surface area (Å²) in [6.45, 7) is 7.54. The monoisotopic (exact) mass is 498 g/mol. The van der Waals surface area contributed by atoms with Gasteiger partial charge in [0.2, 0.25) is 5.82 Å². The van der Waals surface area contributed by atoms with E-state index in [-0.39, 0.29) is 11.9 Å². The number of nitrogens with one attached hydrogen (secondary N) is 1. The molecule has 8 heteroatoms. The summed E-state index contributed by atoms with van der Waals surface area (Å²) >= 11 is 0. The van der Waals surface area contributed by atoms with E-state index < -0.39 is 11.9 Å². The van der Waals surface area contributed by atoms with Crippen molar-refractivity contribution in [1.29, 1.82) is 0 Å². The second kappa shape index (κ2) is 9.54. The minimum absolute atomic E-state index is 0.260. The number of carbonyl (C=O) groups is 1. The molecule has 1 N–H and O–H groups in total. The molecule has 0 fully saturated rings. The van der Waals surface area contributed by atoms with Crippen molar-refractivity contribution in [3.8, 4) is 17.1 Å². The van der Waals surface area contributed by atoms with Gasteiger partial charge in [0, 0.05) is 11.3 Å². The number of allylic oxidation sites excluding steroid dienone is 1. The van der Waals surface area contributed by atoms with Gasteiger partial charge in [0.15, 0.2) is 0 Å². The summed E-state index contributed by atoms with van der Waals surface area (Å²) in [6, 6.07) is 17.2. The first-order chi connectivity index (χ1) is 17.8. The van der Waals surface area contributed by atoms with Crippen molar-refractivity contribution in [2.24, 2.45) is 0 Å². The molecule has 37 heavy (non-hydrogen) atoms.